The van der Waals surface area contributed by atoms with Gasteiger partial charge in [-0.25, -0.2) is 4.79 Å². The number of nitrogens with zero attached hydrogens (tertiary/aromatic N) is 1. The topological polar surface area (TPSA) is 485 Å². The fraction of sp³-hybridized carbons (Fsp3) is 0.522. The van der Waals surface area contributed by atoms with Crippen LogP contribution < -0.4 is 31.3 Å². The number of carbonyl (C=O) groups is 11. The average molecular weight is 1800 g/mol. The summed E-state index contributed by atoms with van der Waals surface area (Å²) >= 11 is 2.89. The second-order valence-corrected chi connectivity index (χ2v) is 32.7. The molecule has 5 aromatic rings. The fourth-order valence-corrected chi connectivity index (χ4v) is 15.6. The minimum absolute atomic E-state index is 0.0106. The summed E-state index contributed by atoms with van der Waals surface area (Å²) in [6.45, 7) is 4.54. The molecule has 3 heterocycles. The zero-order valence-corrected chi connectivity index (χ0v) is 72.6. The van der Waals surface area contributed by atoms with Crippen molar-refractivity contribution in [2.45, 2.75) is 163 Å². The lowest BCUT2D eigenvalue weighted by Gasteiger charge is -2.46. The van der Waals surface area contributed by atoms with Crippen molar-refractivity contribution in [2.75, 3.05) is 135 Å². The van der Waals surface area contributed by atoms with Crippen molar-refractivity contribution in [3.63, 3.8) is 0 Å². The Morgan fingerprint density at radius 1 is 0.492 bits per heavy atom. The Bertz CT molecular complexity index is 4270. The van der Waals surface area contributed by atoms with Crippen molar-refractivity contribution in [3.8, 4) is 28.0 Å². The number of aliphatic hydroxyl groups is 6. The number of hydrogen-bond donors (Lipinski definition) is 12. The zero-order chi connectivity index (χ0) is 90.6. The largest absolute Gasteiger partial charge is 0.490 e. The smallest absolute Gasteiger partial charge is 0.364 e. The molecule has 5 aromatic carbocycles. The van der Waals surface area contributed by atoms with Crippen molar-refractivity contribution in [2.24, 2.45) is 0 Å². The van der Waals surface area contributed by atoms with Gasteiger partial charge in [0.25, 0.3) is 35.3 Å². The van der Waals surface area contributed by atoms with Crippen molar-refractivity contribution < 1.29 is 136 Å². The number of carboxylic acid groups (broad SMARTS) is 1. The number of imide groups is 1. The number of nitrogens with one attached hydrogen (secondary N) is 5. The predicted molar refractivity (Wildman–Crippen MR) is 464 cm³/mol. The third-order valence-electron chi connectivity index (χ3n) is 20.6. The standard InChI is InChI=1S/C90H118N6O28S2/c1-60(98)94-79-72(102)55-89(59-97,123-83(79)81(108)74(104)57-92-85(110)66-27-23-64(24-28-66)62-16-6-3-7-17-62)121-38-14-52-126-53-35-91-87(112)68-31-32-70(76(54-68)120-49-48-119-47-46-118-45-44-117-43-42-116-41-40-115-37-12-21-69(100)20-10-5-11-36-96-77(106)33-34-78(96)107)71(101)22-13-50-125-51-15-39-122-90(88(113)114)56-73(103)80(95-61(2)99)84(124-90)82(109)75(105)58-93-86(111)67-29-25-65(26-30-67)63-18-8-4-9-19-63/h3-4,6-9,16-19,23-34,54,59,72-75,79-84,102-105,108-109H,5,10-15,20-22,35-53,55-58H2,1-2H3,(H,91,112)(H,92,110)(H,93,111)(H,94,98)(H,95,99)(H,113,114)/t72-,73-,74+,75+,79+,80+,81+,82+,83+,84+,89+,90+/m0/s1. The van der Waals surface area contributed by atoms with Gasteiger partial charge in [0.15, 0.2) is 12.1 Å². The van der Waals surface area contributed by atoms with Gasteiger partial charge >= 0.3 is 5.97 Å². The third-order valence-corrected chi connectivity index (χ3v) is 22.8. The van der Waals surface area contributed by atoms with E-state index in [1.54, 1.807) is 48.5 Å². The van der Waals surface area contributed by atoms with E-state index in [0.29, 0.717) is 120 Å². The molecular formula is C90H118N6O28S2. The predicted octanol–water partition coefficient (Wildman–Crippen LogP) is 4.58. The molecule has 0 aromatic heterocycles. The van der Waals surface area contributed by atoms with Crippen LogP contribution >= 0.6 is 23.5 Å². The summed E-state index contributed by atoms with van der Waals surface area (Å²) in [5.41, 5.74) is 4.56. The molecule has 8 rings (SSSR count). The van der Waals surface area contributed by atoms with Gasteiger partial charge < -0.3 is 110 Å². The number of benzene rings is 5. The zero-order valence-electron chi connectivity index (χ0n) is 70.9. The average Bonchev–Trinajstić information content (AvgIpc) is 0.907. The van der Waals surface area contributed by atoms with E-state index in [4.69, 9.17) is 47.4 Å². The molecular weight excluding hydrogens is 1680 g/mol. The Kier molecular flexibility index (Phi) is 44.4. The number of Topliss-reactive ketones (excluding diaryl/α,β-unsaturated/α-hetero) is 2. The van der Waals surface area contributed by atoms with Crippen molar-refractivity contribution in [1.82, 2.24) is 31.5 Å². The molecule has 2 fully saturated rings. The second-order valence-electron chi connectivity index (χ2n) is 30.2. The Hall–Kier alpha value is -9.29. The number of ketones is 2. The first-order valence-electron chi connectivity index (χ1n) is 42.3. The molecule has 0 bridgehead atoms. The van der Waals surface area contributed by atoms with E-state index in [-0.39, 0.29) is 117 Å². The SMILES string of the molecule is CC(=O)N[C@H]1[C@H]([C@H](O)[C@H](O)CNC(=O)c2ccc(-c3ccccc3)cc2)O[C@](C=O)(OCCCSCCNC(=O)c2ccc(C(=O)CCCSCCCO[C@]3(C(=O)O)C[C@H](O)[C@@H](NC(C)=O)[C@H]([C@H](O)[C@H](O)CNC(=O)c4ccc(-c5ccccc5)cc4)O3)c(OCCOCCOCCOCCOCCOCCCC(=O)CCCCCN3C(=O)C=CC3=O)c2)C[C@@H]1O. The van der Waals surface area contributed by atoms with E-state index in [1.165, 1.54) is 65.7 Å². The van der Waals surface area contributed by atoms with Gasteiger partial charge in [-0.1, -0.05) is 91.3 Å². The first-order chi connectivity index (χ1) is 60.8. The van der Waals surface area contributed by atoms with Crippen LogP contribution in [0.15, 0.2) is 140 Å². The molecule has 7 amide bonds. The van der Waals surface area contributed by atoms with Gasteiger partial charge in [0, 0.05) is 113 Å². The van der Waals surface area contributed by atoms with Gasteiger partial charge in [0.1, 0.15) is 42.6 Å². The molecule has 12 N–H and O–H groups in total. The molecule has 126 heavy (non-hydrogen) atoms. The van der Waals surface area contributed by atoms with E-state index < -0.39 is 134 Å². The lowest BCUT2D eigenvalue weighted by Crippen LogP contribution is -2.68. The van der Waals surface area contributed by atoms with Crippen molar-refractivity contribution in [1.29, 1.82) is 0 Å². The summed E-state index contributed by atoms with van der Waals surface area (Å²) in [4.78, 5) is 141. The van der Waals surface area contributed by atoms with E-state index in [9.17, 15) is 88.5 Å². The number of ether oxygens (including phenoxy) is 10. The number of carbonyl (C=O) groups excluding carboxylic acids is 10. The number of hydrogen-bond acceptors (Lipinski definition) is 29. The van der Waals surface area contributed by atoms with Gasteiger partial charge in [-0.2, -0.15) is 23.5 Å². The number of aliphatic hydroxyl groups excluding tert-OH is 6. The molecule has 0 saturated carbocycles. The maximum Gasteiger partial charge on any atom is 0.364 e. The Morgan fingerprint density at radius 3 is 1.46 bits per heavy atom. The van der Waals surface area contributed by atoms with Crippen molar-refractivity contribution in [3.05, 3.63) is 162 Å². The first kappa shape index (κ1) is 102. The Balaban J connectivity index is 0.752. The Morgan fingerprint density at radius 2 is 0.944 bits per heavy atom. The Labute approximate surface area is 740 Å². The van der Waals surface area contributed by atoms with Crippen LogP contribution in [-0.4, -0.2) is 313 Å². The van der Waals surface area contributed by atoms with Gasteiger partial charge in [-0.15, -0.1) is 0 Å². The summed E-state index contributed by atoms with van der Waals surface area (Å²) in [5, 5.41) is 91.3. The number of aldehydes is 1. The first-order valence-corrected chi connectivity index (χ1v) is 44.6. The highest BCUT2D eigenvalue weighted by atomic mass is 32.2. The summed E-state index contributed by atoms with van der Waals surface area (Å²) in [6.07, 6.45) is -7.37. The van der Waals surface area contributed by atoms with Gasteiger partial charge in [0.2, 0.25) is 17.6 Å². The van der Waals surface area contributed by atoms with Gasteiger partial charge in [0.05, 0.1) is 115 Å². The molecule has 2 saturated heterocycles. The number of carboxylic acids is 1. The highest BCUT2D eigenvalue weighted by Gasteiger charge is 2.56. The molecule has 688 valence electrons. The van der Waals surface area contributed by atoms with E-state index in [2.05, 4.69) is 26.6 Å². The maximum absolute atomic E-state index is 14.0. The molecule has 0 radical (unpaired) electrons. The van der Waals surface area contributed by atoms with E-state index in [1.807, 2.05) is 60.7 Å². The molecule has 36 heteroatoms. The third kappa shape index (κ3) is 33.7. The molecule has 3 aliphatic rings. The number of aliphatic carboxylic acids is 1. The summed E-state index contributed by atoms with van der Waals surface area (Å²) in [6, 6.07) is 34.3. The van der Waals surface area contributed by atoms with Crippen LogP contribution in [0.3, 0.4) is 0 Å². The van der Waals surface area contributed by atoms with Crippen LogP contribution in [0.5, 0.6) is 5.75 Å². The number of thioether (sulfide) groups is 2. The monoisotopic (exact) mass is 1790 g/mol. The van der Waals surface area contributed by atoms with Crippen LogP contribution in [0.25, 0.3) is 22.3 Å². The van der Waals surface area contributed by atoms with Crippen LogP contribution in [0.1, 0.15) is 132 Å². The summed E-state index contributed by atoms with van der Waals surface area (Å²) < 4.78 is 58.0. The normalized spacial score (nSPS) is 20.2. The lowest BCUT2D eigenvalue weighted by atomic mass is 9.88. The van der Waals surface area contributed by atoms with Gasteiger partial charge in [-0.3, -0.25) is 52.8 Å². The number of unbranched alkanes of at least 4 members (excludes halogenated alkanes) is 2. The van der Waals surface area contributed by atoms with E-state index >= 15 is 0 Å². The fourth-order valence-electron chi connectivity index (χ4n) is 13.9. The highest BCUT2D eigenvalue weighted by molar-refractivity contribution is 7.99. The summed E-state index contributed by atoms with van der Waals surface area (Å²) in [7, 11) is 0. The second kappa shape index (κ2) is 54.8. The highest BCUT2D eigenvalue weighted by Crippen LogP contribution is 2.36. The van der Waals surface area contributed by atoms with E-state index in [0.717, 1.165) is 35.6 Å². The molecule has 0 spiro atoms. The maximum atomic E-state index is 14.0. The number of amides is 7. The quantitative estimate of drug-likeness (QED) is 0.0110. The molecule has 12 atom stereocenters. The molecule has 0 aliphatic carbocycles. The lowest BCUT2D eigenvalue weighted by molar-refractivity contribution is -0.310. The molecule has 34 nitrogen and oxygen atoms in total. The van der Waals surface area contributed by atoms with Crippen LogP contribution in [-0.2, 0) is 76.2 Å². The van der Waals surface area contributed by atoms with Crippen LogP contribution in [0.2, 0.25) is 0 Å². The van der Waals surface area contributed by atoms with Crippen LogP contribution in [0, 0.1) is 0 Å². The van der Waals surface area contributed by atoms with Crippen LogP contribution in [0.4, 0.5) is 0 Å². The van der Waals surface area contributed by atoms with Crippen molar-refractivity contribution >= 4 is 88.7 Å². The molecule has 3 aliphatic heterocycles. The minimum Gasteiger partial charge on any atom is -0.490 e. The minimum atomic E-state index is -2.53. The number of rotatable bonds is 61. The molecule has 0 unspecified atom stereocenters. The van der Waals surface area contributed by atoms with Gasteiger partial charge in [-0.05, 0) is 121 Å². The summed E-state index contributed by atoms with van der Waals surface area (Å²) in [5.74, 6) is -7.94.